The molecule has 8 heteroatoms. The number of carbonyl (C=O) groups excluding carboxylic acids is 1. The molecule has 1 aliphatic rings. The largest absolute Gasteiger partial charge is 0.611 e. The summed E-state index contributed by atoms with van der Waals surface area (Å²) in [4.78, 5) is 13.5. The van der Waals surface area contributed by atoms with Gasteiger partial charge in [0, 0.05) is 17.2 Å². The first-order valence-corrected chi connectivity index (χ1v) is 8.64. The molecule has 3 nitrogen and oxygen atoms in total. The van der Waals surface area contributed by atoms with Crippen molar-refractivity contribution in [3.05, 3.63) is 58.9 Å². The van der Waals surface area contributed by atoms with Gasteiger partial charge in [-0.1, -0.05) is 18.2 Å². The van der Waals surface area contributed by atoms with Gasteiger partial charge in [0.1, 0.15) is 5.82 Å². The predicted molar refractivity (Wildman–Crippen MR) is 85.4 cm³/mol. The topological polar surface area (TPSA) is 43.4 Å². The standard InChI is InChI=1S/C17H13F4NO2S/c1-10-6-13(18)14(7-15(10)25(24)9-17(19,20)21)22-8-11-4-2-3-5-12(11)16(22)23/h2-7H,8-9H2,1H3. The molecule has 1 amide bonds. The lowest BCUT2D eigenvalue weighted by Gasteiger charge is -2.20. The van der Waals surface area contributed by atoms with Crippen LogP contribution in [0.5, 0.6) is 0 Å². The number of alkyl halides is 3. The molecule has 0 aliphatic carbocycles. The smallest absolute Gasteiger partial charge is 0.433 e. The molecule has 0 fully saturated rings. The molecule has 25 heavy (non-hydrogen) atoms. The number of fused-ring (bicyclic) bond motifs is 1. The second-order valence-electron chi connectivity index (χ2n) is 5.72. The lowest BCUT2D eigenvalue weighted by atomic mass is 10.1. The SMILES string of the molecule is Cc1cc(F)c(N2Cc3ccccc3C2=O)cc1[S+]([O-])CC(F)(F)F. The van der Waals surface area contributed by atoms with Gasteiger partial charge < -0.3 is 9.45 Å². The third kappa shape index (κ3) is 3.50. The van der Waals surface area contributed by atoms with E-state index >= 15 is 0 Å². The minimum atomic E-state index is -4.61. The first-order valence-electron chi connectivity index (χ1n) is 7.32. The van der Waals surface area contributed by atoms with E-state index in [-0.39, 0.29) is 22.7 Å². The van der Waals surface area contributed by atoms with Crippen molar-refractivity contribution in [3.8, 4) is 0 Å². The Labute approximate surface area is 144 Å². The summed E-state index contributed by atoms with van der Waals surface area (Å²) in [5.74, 6) is -2.70. The molecule has 1 heterocycles. The van der Waals surface area contributed by atoms with E-state index in [9.17, 15) is 26.9 Å². The quantitative estimate of drug-likeness (QED) is 0.605. The van der Waals surface area contributed by atoms with Gasteiger partial charge in [-0.3, -0.25) is 4.79 Å². The van der Waals surface area contributed by atoms with Crippen molar-refractivity contribution in [3.63, 3.8) is 0 Å². The van der Waals surface area contributed by atoms with Crippen LogP contribution in [0.1, 0.15) is 21.5 Å². The average molecular weight is 371 g/mol. The number of amides is 1. The maximum atomic E-state index is 14.4. The molecule has 1 atom stereocenters. The Morgan fingerprint density at radius 3 is 2.56 bits per heavy atom. The van der Waals surface area contributed by atoms with E-state index in [1.165, 1.54) is 6.92 Å². The van der Waals surface area contributed by atoms with E-state index in [0.717, 1.165) is 17.0 Å². The highest BCUT2D eigenvalue weighted by Crippen LogP contribution is 2.34. The van der Waals surface area contributed by atoms with Crippen LogP contribution in [-0.2, 0) is 17.7 Å². The van der Waals surface area contributed by atoms with Crippen LogP contribution in [0.3, 0.4) is 0 Å². The van der Waals surface area contributed by atoms with E-state index in [1.807, 2.05) is 0 Å². The Kier molecular flexibility index (Phi) is 4.51. The number of rotatable bonds is 3. The van der Waals surface area contributed by atoms with Gasteiger partial charge in [-0.15, -0.1) is 0 Å². The molecule has 1 aliphatic heterocycles. The normalized spacial score (nSPS) is 15.4. The predicted octanol–water partition coefficient (Wildman–Crippen LogP) is 3.96. The summed E-state index contributed by atoms with van der Waals surface area (Å²) in [5.41, 5.74) is 1.09. The van der Waals surface area contributed by atoms with E-state index in [2.05, 4.69) is 0 Å². The number of anilines is 1. The van der Waals surface area contributed by atoms with Crippen LogP contribution in [0.4, 0.5) is 23.2 Å². The highest BCUT2D eigenvalue weighted by atomic mass is 32.2. The van der Waals surface area contributed by atoms with Crippen molar-refractivity contribution < 1.29 is 26.9 Å². The van der Waals surface area contributed by atoms with Gasteiger partial charge in [0.15, 0.2) is 4.90 Å². The van der Waals surface area contributed by atoms with Crippen LogP contribution in [0.15, 0.2) is 41.3 Å². The van der Waals surface area contributed by atoms with Crippen molar-refractivity contribution in [2.24, 2.45) is 0 Å². The number of hydrogen-bond acceptors (Lipinski definition) is 2. The fourth-order valence-electron chi connectivity index (χ4n) is 2.77. The number of aryl methyl sites for hydroxylation is 1. The van der Waals surface area contributed by atoms with Crippen LogP contribution in [0.2, 0.25) is 0 Å². The van der Waals surface area contributed by atoms with Crippen molar-refractivity contribution >= 4 is 22.8 Å². The zero-order valence-corrected chi connectivity index (χ0v) is 13.9. The van der Waals surface area contributed by atoms with Crippen molar-refractivity contribution in [1.82, 2.24) is 0 Å². The first kappa shape index (κ1) is 17.8. The van der Waals surface area contributed by atoms with Crippen LogP contribution < -0.4 is 4.90 Å². The highest BCUT2D eigenvalue weighted by Gasteiger charge is 2.37. The van der Waals surface area contributed by atoms with Gasteiger partial charge in [-0.25, -0.2) is 4.39 Å². The van der Waals surface area contributed by atoms with Crippen molar-refractivity contribution in [2.45, 2.75) is 24.5 Å². The summed E-state index contributed by atoms with van der Waals surface area (Å²) in [6.07, 6.45) is -4.61. The lowest BCUT2D eigenvalue weighted by molar-refractivity contribution is -0.106. The summed E-state index contributed by atoms with van der Waals surface area (Å²) in [6.45, 7) is 1.50. The molecule has 0 N–H and O–H groups in total. The summed E-state index contributed by atoms with van der Waals surface area (Å²) in [6, 6.07) is 8.83. The molecule has 0 spiro atoms. The molecular formula is C17H13F4NO2S. The summed E-state index contributed by atoms with van der Waals surface area (Å²) in [5, 5.41) is 0. The lowest BCUT2D eigenvalue weighted by Crippen LogP contribution is -2.26. The van der Waals surface area contributed by atoms with E-state index in [4.69, 9.17) is 0 Å². The second kappa shape index (κ2) is 6.34. The molecule has 2 aromatic carbocycles. The fourth-order valence-corrected chi connectivity index (χ4v) is 3.88. The second-order valence-corrected chi connectivity index (χ2v) is 7.14. The number of halogens is 4. The van der Waals surface area contributed by atoms with E-state index < -0.39 is 34.8 Å². The Hall–Kier alpha value is -2.06. The van der Waals surface area contributed by atoms with Crippen molar-refractivity contribution in [2.75, 3.05) is 10.7 Å². The molecule has 2 aromatic rings. The molecule has 0 aromatic heterocycles. The number of benzene rings is 2. The molecule has 0 bridgehead atoms. The zero-order valence-electron chi connectivity index (χ0n) is 13.1. The molecule has 0 saturated carbocycles. The molecule has 132 valence electrons. The minimum Gasteiger partial charge on any atom is -0.611 e. The van der Waals surface area contributed by atoms with E-state index in [1.54, 1.807) is 24.3 Å². The Morgan fingerprint density at radius 1 is 1.24 bits per heavy atom. The van der Waals surface area contributed by atoms with Gasteiger partial charge in [0.2, 0.25) is 5.75 Å². The minimum absolute atomic E-state index is 0.111. The van der Waals surface area contributed by atoms with Crippen LogP contribution in [-0.4, -0.2) is 22.4 Å². The summed E-state index contributed by atoms with van der Waals surface area (Å²) in [7, 11) is 0. The number of nitrogens with zero attached hydrogens (tertiary/aromatic N) is 1. The third-order valence-corrected chi connectivity index (χ3v) is 5.42. The van der Waals surface area contributed by atoms with Crippen LogP contribution in [0.25, 0.3) is 0 Å². The Balaban J connectivity index is 1.98. The third-order valence-electron chi connectivity index (χ3n) is 3.90. The van der Waals surface area contributed by atoms with Gasteiger partial charge >= 0.3 is 6.18 Å². The zero-order chi connectivity index (χ0) is 18.4. The number of hydrogen-bond donors (Lipinski definition) is 0. The summed E-state index contributed by atoms with van der Waals surface area (Å²) >= 11 is -2.37. The summed E-state index contributed by atoms with van der Waals surface area (Å²) < 4.78 is 63.9. The molecule has 0 radical (unpaired) electrons. The average Bonchev–Trinajstić information content (AvgIpc) is 2.83. The molecule has 1 unspecified atom stereocenters. The monoisotopic (exact) mass is 371 g/mol. The maximum absolute atomic E-state index is 14.4. The fraction of sp³-hybridized carbons (Fsp3) is 0.235. The first-order chi connectivity index (χ1) is 11.7. The Morgan fingerprint density at radius 2 is 1.92 bits per heavy atom. The van der Waals surface area contributed by atoms with Gasteiger partial charge in [-0.2, -0.15) is 13.2 Å². The van der Waals surface area contributed by atoms with Gasteiger partial charge in [-0.05, 0) is 35.8 Å². The molecule has 0 saturated heterocycles. The van der Waals surface area contributed by atoms with Gasteiger partial charge in [0.05, 0.1) is 12.2 Å². The van der Waals surface area contributed by atoms with Crippen LogP contribution in [0, 0.1) is 12.7 Å². The van der Waals surface area contributed by atoms with Gasteiger partial charge in [0.25, 0.3) is 5.91 Å². The van der Waals surface area contributed by atoms with E-state index in [0.29, 0.717) is 11.1 Å². The number of carbonyl (C=O) groups is 1. The molecule has 3 rings (SSSR count). The van der Waals surface area contributed by atoms with Crippen LogP contribution >= 0.6 is 0 Å². The maximum Gasteiger partial charge on any atom is 0.433 e. The Bertz CT molecular complexity index is 838. The highest BCUT2D eigenvalue weighted by molar-refractivity contribution is 7.91. The molecular weight excluding hydrogens is 358 g/mol. The van der Waals surface area contributed by atoms with Crippen molar-refractivity contribution in [1.29, 1.82) is 0 Å².